The fourth-order valence-corrected chi connectivity index (χ4v) is 1.08. The first kappa shape index (κ1) is 9.20. The molecule has 2 aromatic rings. The fraction of sp³-hybridized carbons (Fsp3) is 0. The largest absolute Gasteiger partial charge is 0.493 e. The van der Waals surface area contributed by atoms with Gasteiger partial charge in [-0.25, -0.2) is 0 Å². The molecule has 6 heteroatoms. The zero-order chi connectivity index (χ0) is 10.7. The summed E-state index contributed by atoms with van der Waals surface area (Å²) in [7, 11) is 0. The Labute approximate surface area is 84.7 Å². The molecule has 0 amide bonds. The minimum absolute atomic E-state index is 0.174. The van der Waals surface area contributed by atoms with Crippen LogP contribution in [0.25, 0.3) is 0 Å². The number of aromatic nitrogens is 3. The van der Waals surface area contributed by atoms with E-state index in [2.05, 4.69) is 20.3 Å². The molecule has 2 heterocycles. The number of nitrogens with zero attached hydrogens (tertiary/aromatic N) is 2. The zero-order valence-electron chi connectivity index (χ0n) is 7.64. The van der Waals surface area contributed by atoms with Gasteiger partial charge < -0.3 is 10.4 Å². The Hall–Kier alpha value is -2.37. The third-order valence-electron chi connectivity index (χ3n) is 1.65. The summed E-state index contributed by atoms with van der Waals surface area (Å²) < 4.78 is 0. The predicted molar refractivity (Wildman–Crippen MR) is 54.0 cm³/mol. The van der Waals surface area contributed by atoms with Gasteiger partial charge >= 0.3 is 0 Å². The van der Waals surface area contributed by atoms with Crippen molar-refractivity contribution >= 4 is 11.6 Å². The highest BCUT2D eigenvalue weighted by Crippen LogP contribution is 2.10. The Morgan fingerprint density at radius 1 is 1.47 bits per heavy atom. The molecule has 2 rings (SSSR count). The fourth-order valence-electron chi connectivity index (χ4n) is 1.08. The van der Waals surface area contributed by atoms with Gasteiger partial charge in [0.15, 0.2) is 0 Å². The summed E-state index contributed by atoms with van der Waals surface area (Å²) in [6, 6.07) is 4.49. The third-order valence-corrected chi connectivity index (χ3v) is 1.65. The first-order valence-electron chi connectivity index (χ1n) is 4.21. The van der Waals surface area contributed by atoms with Gasteiger partial charge in [0.25, 0.3) is 5.56 Å². The second-order valence-corrected chi connectivity index (χ2v) is 2.82. The third kappa shape index (κ3) is 2.31. The van der Waals surface area contributed by atoms with Gasteiger partial charge in [0.05, 0.1) is 18.0 Å². The van der Waals surface area contributed by atoms with Crippen molar-refractivity contribution < 1.29 is 5.11 Å². The van der Waals surface area contributed by atoms with E-state index in [9.17, 15) is 4.79 Å². The molecule has 0 unspecified atom stereocenters. The molecule has 76 valence electrons. The Morgan fingerprint density at radius 3 is 3.00 bits per heavy atom. The second-order valence-electron chi connectivity index (χ2n) is 2.82. The van der Waals surface area contributed by atoms with E-state index >= 15 is 0 Å². The minimum Gasteiger partial charge on any atom is -0.493 e. The highest BCUT2D eigenvalue weighted by atomic mass is 16.3. The van der Waals surface area contributed by atoms with Crippen LogP contribution in [0.1, 0.15) is 0 Å². The van der Waals surface area contributed by atoms with Crippen molar-refractivity contribution in [2.75, 3.05) is 5.32 Å². The number of hydrogen-bond acceptors (Lipinski definition) is 5. The Balaban J connectivity index is 2.29. The second kappa shape index (κ2) is 3.79. The van der Waals surface area contributed by atoms with Crippen molar-refractivity contribution in [2.45, 2.75) is 0 Å². The Kier molecular flexibility index (Phi) is 2.32. The lowest BCUT2D eigenvalue weighted by Gasteiger charge is -2.03. The van der Waals surface area contributed by atoms with E-state index in [4.69, 9.17) is 5.11 Å². The van der Waals surface area contributed by atoms with Gasteiger partial charge in [0.1, 0.15) is 0 Å². The van der Waals surface area contributed by atoms with Crippen LogP contribution in [0.2, 0.25) is 0 Å². The number of H-pyrrole nitrogens is 1. The van der Waals surface area contributed by atoms with Crippen LogP contribution in [-0.4, -0.2) is 20.1 Å². The van der Waals surface area contributed by atoms with Crippen molar-refractivity contribution in [1.82, 2.24) is 15.0 Å². The highest BCUT2D eigenvalue weighted by molar-refractivity contribution is 5.51. The van der Waals surface area contributed by atoms with E-state index < -0.39 is 5.56 Å². The molecular formula is C9H8N4O2. The van der Waals surface area contributed by atoms with Gasteiger partial charge in [-0.2, -0.15) is 4.98 Å². The smallest absolute Gasteiger partial charge is 0.256 e. The van der Waals surface area contributed by atoms with Gasteiger partial charge in [-0.3, -0.25) is 14.8 Å². The lowest BCUT2D eigenvalue weighted by molar-refractivity contribution is 0.452. The van der Waals surface area contributed by atoms with E-state index in [1.165, 1.54) is 0 Å². The molecule has 0 bridgehead atoms. The molecule has 3 N–H and O–H groups in total. The average molecular weight is 204 g/mol. The Bertz CT molecular complexity index is 509. The highest BCUT2D eigenvalue weighted by Gasteiger charge is 1.99. The molecular weight excluding hydrogens is 196 g/mol. The molecule has 0 atom stereocenters. The van der Waals surface area contributed by atoms with Gasteiger partial charge in [0, 0.05) is 6.20 Å². The molecule has 0 radical (unpaired) electrons. The molecule has 0 fully saturated rings. The van der Waals surface area contributed by atoms with Crippen LogP contribution in [0.4, 0.5) is 11.6 Å². The molecule has 0 aliphatic rings. The van der Waals surface area contributed by atoms with Crippen molar-refractivity contribution in [1.29, 1.82) is 0 Å². The van der Waals surface area contributed by atoms with Crippen LogP contribution >= 0.6 is 0 Å². The lowest BCUT2D eigenvalue weighted by Crippen LogP contribution is -2.08. The predicted octanol–water partition coefficient (Wildman–Crippen LogP) is 0.614. The molecule has 15 heavy (non-hydrogen) atoms. The summed E-state index contributed by atoms with van der Waals surface area (Å²) in [5.74, 6) is -0.154. The van der Waals surface area contributed by atoms with Crippen LogP contribution in [0.5, 0.6) is 5.88 Å². The van der Waals surface area contributed by atoms with Gasteiger partial charge in [0.2, 0.25) is 11.8 Å². The number of aromatic amines is 1. The number of aromatic hydroxyl groups is 1. The summed E-state index contributed by atoms with van der Waals surface area (Å²) in [6.07, 6.45) is 3.20. The monoisotopic (exact) mass is 204 g/mol. The molecule has 0 aliphatic heterocycles. The van der Waals surface area contributed by atoms with Crippen molar-refractivity contribution in [3.8, 4) is 5.88 Å². The molecule has 0 aromatic carbocycles. The number of hydrogen-bond donors (Lipinski definition) is 3. The number of anilines is 2. The van der Waals surface area contributed by atoms with E-state index in [-0.39, 0.29) is 11.8 Å². The van der Waals surface area contributed by atoms with Gasteiger partial charge in [-0.1, -0.05) is 0 Å². The quantitative estimate of drug-likeness (QED) is 0.666. The van der Waals surface area contributed by atoms with E-state index in [1.807, 2.05) is 0 Å². The summed E-state index contributed by atoms with van der Waals surface area (Å²) in [6.45, 7) is 0. The number of pyridine rings is 1. The molecule has 6 nitrogen and oxygen atoms in total. The van der Waals surface area contributed by atoms with Crippen LogP contribution < -0.4 is 10.9 Å². The summed E-state index contributed by atoms with van der Waals surface area (Å²) in [4.78, 5) is 21.0. The van der Waals surface area contributed by atoms with E-state index in [0.29, 0.717) is 5.69 Å². The molecule has 0 aliphatic carbocycles. The van der Waals surface area contributed by atoms with Gasteiger partial charge in [-0.15, -0.1) is 0 Å². The maximum Gasteiger partial charge on any atom is 0.256 e. The minimum atomic E-state index is -0.422. The maximum absolute atomic E-state index is 11.0. The first-order chi connectivity index (χ1) is 7.24. The van der Waals surface area contributed by atoms with Crippen LogP contribution in [0.15, 0.2) is 35.4 Å². The van der Waals surface area contributed by atoms with Crippen LogP contribution in [0, 0.1) is 0 Å². The average Bonchev–Trinajstić information content (AvgIpc) is 2.17. The first-order valence-corrected chi connectivity index (χ1v) is 4.21. The SMILES string of the molecule is O=c1cc(O)nc(Nc2cccnc2)[nH]1. The maximum atomic E-state index is 11.0. The summed E-state index contributed by atoms with van der Waals surface area (Å²) >= 11 is 0. The van der Waals surface area contributed by atoms with Crippen molar-refractivity contribution in [2.24, 2.45) is 0 Å². The zero-order valence-corrected chi connectivity index (χ0v) is 7.64. The molecule has 0 saturated carbocycles. The normalized spacial score (nSPS) is 9.87. The molecule has 0 spiro atoms. The summed E-state index contributed by atoms with van der Waals surface area (Å²) in [5.41, 5.74) is 0.250. The number of nitrogens with one attached hydrogen (secondary N) is 2. The number of rotatable bonds is 2. The van der Waals surface area contributed by atoms with Crippen molar-refractivity contribution in [3.63, 3.8) is 0 Å². The van der Waals surface area contributed by atoms with E-state index in [1.54, 1.807) is 24.5 Å². The Morgan fingerprint density at radius 2 is 2.33 bits per heavy atom. The summed E-state index contributed by atoms with van der Waals surface area (Å²) in [5, 5.41) is 11.9. The standard InChI is InChI=1S/C9H8N4O2/c14-7-4-8(15)13-9(12-7)11-6-2-1-3-10-5-6/h1-5H,(H3,11,12,13,14,15). The van der Waals surface area contributed by atoms with Crippen LogP contribution in [-0.2, 0) is 0 Å². The molecule has 2 aromatic heterocycles. The molecule has 0 saturated heterocycles. The van der Waals surface area contributed by atoms with E-state index in [0.717, 1.165) is 6.07 Å². The van der Waals surface area contributed by atoms with Gasteiger partial charge in [-0.05, 0) is 12.1 Å². The topological polar surface area (TPSA) is 90.9 Å². The van der Waals surface area contributed by atoms with Crippen molar-refractivity contribution in [3.05, 3.63) is 40.9 Å². The lowest BCUT2D eigenvalue weighted by atomic mass is 10.4. The van der Waals surface area contributed by atoms with Crippen LogP contribution in [0.3, 0.4) is 0 Å².